The van der Waals surface area contributed by atoms with Crippen LogP contribution < -0.4 is 10.5 Å². The monoisotopic (exact) mass is 259 g/mol. The first-order valence-corrected chi connectivity index (χ1v) is 5.54. The molecule has 0 aliphatic carbocycles. The Kier molecular flexibility index (Phi) is 2.52. The molecule has 0 aliphatic rings. The van der Waals surface area contributed by atoms with Crippen LogP contribution in [-0.2, 0) is 0 Å². The van der Waals surface area contributed by atoms with Gasteiger partial charge in [0.1, 0.15) is 17.1 Å². The third-order valence-electron chi connectivity index (χ3n) is 2.61. The zero-order valence-corrected chi connectivity index (χ0v) is 10.0. The predicted molar refractivity (Wildman–Crippen MR) is 67.3 cm³/mol. The summed E-state index contributed by atoms with van der Waals surface area (Å²) in [4.78, 5) is 14.8. The molecular formula is C12H10FN5O. The highest BCUT2D eigenvalue weighted by Gasteiger charge is 2.11. The van der Waals surface area contributed by atoms with Gasteiger partial charge in [-0.3, -0.25) is 0 Å². The fraction of sp³-hybridized carbons (Fsp3) is 0.0833. The van der Waals surface area contributed by atoms with E-state index < -0.39 is 0 Å². The van der Waals surface area contributed by atoms with Crippen LogP contribution in [0, 0.1) is 12.7 Å². The van der Waals surface area contributed by atoms with Gasteiger partial charge in [-0.1, -0.05) is 0 Å². The number of benzene rings is 1. The van der Waals surface area contributed by atoms with Gasteiger partial charge in [-0.15, -0.1) is 0 Å². The molecule has 3 aromatic rings. The van der Waals surface area contributed by atoms with Gasteiger partial charge >= 0.3 is 0 Å². The molecule has 0 unspecified atom stereocenters. The Balaban J connectivity index is 2.04. The molecule has 2 heterocycles. The van der Waals surface area contributed by atoms with E-state index in [0.29, 0.717) is 22.5 Å². The molecule has 0 bridgehead atoms. The van der Waals surface area contributed by atoms with Crippen molar-refractivity contribution in [2.24, 2.45) is 0 Å². The van der Waals surface area contributed by atoms with E-state index in [2.05, 4.69) is 19.9 Å². The molecule has 0 aliphatic heterocycles. The third-order valence-corrected chi connectivity index (χ3v) is 2.61. The van der Waals surface area contributed by atoms with Crippen molar-refractivity contribution in [2.75, 3.05) is 5.73 Å². The molecule has 3 N–H and O–H groups in total. The molecule has 6 nitrogen and oxygen atoms in total. The van der Waals surface area contributed by atoms with Crippen molar-refractivity contribution in [1.29, 1.82) is 0 Å². The van der Waals surface area contributed by atoms with Crippen LogP contribution in [-0.4, -0.2) is 19.9 Å². The van der Waals surface area contributed by atoms with Gasteiger partial charge in [-0.25, -0.2) is 9.37 Å². The number of nitrogens with one attached hydrogen (secondary N) is 1. The number of anilines is 1. The van der Waals surface area contributed by atoms with Crippen LogP contribution in [0.15, 0.2) is 24.5 Å². The standard InChI is InChI=1S/C12H10FN5O/c1-6-4-7(2-3-8(6)13)19-11-9-10(16-5-15-9)17-12(14)18-11/h2-5H,1H3,(H3,14,15,16,17,18). The van der Waals surface area contributed by atoms with Gasteiger partial charge in [0.2, 0.25) is 5.95 Å². The van der Waals surface area contributed by atoms with Crippen molar-refractivity contribution < 1.29 is 9.13 Å². The van der Waals surface area contributed by atoms with Gasteiger partial charge < -0.3 is 15.5 Å². The number of rotatable bonds is 2. The smallest absolute Gasteiger partial charge is 0.250 e. The summed E-state index contributed by atoms with van der Waals surface area (Å²) in [6.45, 7) is 1.66. The van der Waals surface area contributed by atoms with E-state index in [4.69, 9.17) is 10.5 Å². The normalized spacial score (nSPS) is 10.8. The summed E-state index contributed by atoms with van der Waals surface area (Å²) in [6, 6.07) is 4.43. The van der Waals surface area contributed by atoms with Crippen molar-refractivity contribution in [3.05, 3.63) is 35.9 Å². The quantitative estimate of drug-likeness (QED) is 0.736. The second-order valence-corrected chi connectivity index (χ2v) is 4.00. The number of nitrogens with two attached hydrogens (primary N) is 1. The van der Waals surface area contributed by atoms with E-state index in [1.54, 1.807) is 13.0 Å². The Hall–Kier alpha value is -2.70. The van der Waals surface area contributed by atoms with Crippen molar-refractivity contribution in [1.82, 2.24) is 19.9 Å². The topological polar surface area (TPSA) is 89.7 Å². The van der Waals surface area contributed by atoms with Gasteiger partial charge in [-0.2, -0.15) is 9.97 Å². The molecule has 0 spiro atoms. The van der Waals surface area contributed by atoms with E-state index in [9.17, 15) is 4.39 Å². The summed E-state index contributed by atoms with van der Waals surface area (Å²) in [5, 5.41) is 0. The molecule has 0 fully saturated rings. The average molecular weight is 259 g/mol. The maximum Gasteiger partial charge on any atom is 0.250 e. The highest BCUT2D eigenvalue weighted by molar-refractivity contribution is 5.77. The van der Waals surface area contributed by atoms with Crippen LogP contribution in [0.2, 0.25) is 0 Å². The number of hydrogen-bond donors (Lipinski definition) is 2. The van der Waals surface area contributed by atoms with E-state index in [1.165, 1.54) is 18.5 Å². The number of nitrogen functional groups attached to an aromatic ring is 1. The lowest BCUT2D eigenvalue weighted by Crippen LogP contribution is -1.98. The first-order chi connectivity index (χ1) is 9.13. The number of aryl methyl sites for hydroxylation is 1. The van der Waals surface area contributed by atoms with Crippen LogP contribution in [0.5, 0.6) is 11.6 Å². The second-order valence-electron chi connectivity index (χ2n) is 4.00. The molecular weight excluding hydrogens is 249 g/mol. The second kappa shape index (κ2) is 4.20. The largest absolute Gasteiger partial charge is 0.437 e. The maximum absolute atomic E-state index is 13.2. The van der Waals surface area contributed by atoms with Crippen LogP contribution in [0.3, 0.4) is 0 Å². The minimum absolute atomic E-state index is 0.0634. The predicted octanol–water partition coefficient (Wildman–Crippen LogP) is 2.17. The number of nitrogens with zero attached hydrogens (tertiary/aromatic N) is 3. The molecule has 2 aromatic heterocycles. The fourth-order valence-electron chi connectivity index (χ4n) is 1.69. The number of halogens is 1. The first-order valence-electron chi connectivity index (χ1n) is 5.54. The van der Waals surface area contributed by atoms with Gasteiger partial charge in [-0.05, 0) is 30.7 Å². The first kappa shape index (κ1) is 11.4. The molecule has 96 valence electrons. The fourth-order valence-corrected chi connectivity index (χ4v) is 1.69. The lowest BCUT2D eigenvalue weighted by atomic mass is 10.2. The van der Waals surface area contributed by atoms with Gasteiger partial charge in [0, 0.05) is 0 Å². The Bertz CT molecular complexity index is 755. The van der Waals surface area contributed by atoms with E-state index in [1.807, 2.05) is 0 Å². The Labute approximate surface area is 107 Å². The number of aromatic amines is 1. The highest BCUT2D eigenvalue weighted by Crippen LogP contribution is 2.26. The lowest BCUT2D eigenvalue weighted by molar-refractivity contribution is 0.465. The summed E-state index contributed by atoms with van der Waals surface area (Å²) in [5.74, 6) is 0.494. The van der Waals surface area contributed by atoms with Crippen LogP contribution in [0.4, 0.5) is 10.3 Å². The van der Waals surface area contributed by atoms with E-state index >= 15 is 0 Å². The Morgan fingerprint density at radius 1 is 1.32 bits per heavy atom. The van der Waals surface area contributed by atoms with E-state index in [0.717, 1.165) is 0 Å². The third kappa shape index (κ3) is 2.05. The Morgan fingerprint density at radius 2 is 2.16 bits per heavy atom. The number of fused-ring (bicyclic) bond motifs is 1. The van der Waals surface area contributed by atoms with E-state index in [-0.39, 0.29) is 17.6 Å². The van der Waals surface area contributed by atoms with Crippen molar-refractivity contribution in [3.8, 4) is 11.6 Å². The Morgan fingerprint density at radius 3 is 2.95 bits per heavy atom. The molecule has 0 saturated heterocycles. The minimum atomic E-state index is -0.291. The summed E-state index contributed by atoms with van der Waals surface area (Å²) in [5.41, 5.74) is 7.02. The molecule has 0 amide bonds. The number of hydrogen-bond acceptors (Lipinski definition) is 5. The molecule has 7 heteroatoms. The van der Waals surface area contributed by atoms with Gasteiger partial charge in [0.25, 0.3) is 5.88 Å². The summed E-state index contributed by atoms with van der Waals surface area (Å²) in [7, 11) is 0. The van der Waals surface area contributed by atoms with Crippen molar-refractivity contribution in [3.63, 3.8) is 0 Å². The van der Waals surface area contributed by atoms with Crippen LogP contribution >= 0.6 is 0 Å². The molecule has 0 atom stereocenters. The minimum Gasteiger partial charge on any atom is -0.437 e. The van der Waals surface area contributed by atoms with Crippen molar-refractivity contribution >= 4 is 17.1 Å². The summed E-state index contributed by atoms with van der Waals surface area (Å²) in [6.07, 6.45) is 1.47. The lowest BCUT2D eigenvalue weighted by Gasteiger charge is -2.07. The molecule has 3 rings (SSSR count). The summed E-state index contributed by atoms with van der Waals surface area (Å²) >= 11 is 0. The number of H-pyrrole nitrogens is 1. The number of aromatic nitrogens is 4. The zero-order valence-electron chi connectivity index (χ0n) is 10.0. The molecule has 19 heavy (non-hydrogen) atoms. The maximum atomic E-state index is 13.2. The van der Waals surface area contributed by atoms with Crippen molar-refractivity contribution in [2.45, 2.75) is 6.92 Å². The van der Waals surface area contributed by atoms with Gasteiger partial charge in [0.15, 0.2) is 5.65 Å². The highest BCUT2D eigenvalue weighted by atomic mass is 19.1. The van der Waals surface area contributed by atoms with Crippen LogP contribution in [0.25, 0.3) is 11.2 Å². The molecule has 0 radical (unpaired) electrons. The molecule has 1 aromatic carbocycles. The zero-order chi connectivity index (χ0) is 13.4. The number of imidazole rings is 1. The van der Waals surface area contributed by atoms with Crippen LogP contribution in [0.1, 0.15) is 5.56 Å². The average Bonchev–Trinajstić information content (AvgIpc) is 2.82. The summed E-state index contributed by atoms with van der Waals surface area (Å²) < 4.78 is 18.8. The number of ether oxygens (including phenoxy) is 1. The molecule has 0 saturated carbocycles. The van der Waals surface area contributed by atoms with Gasteiger partial charge in [0.05, 0.1) is 6.33 Å². The SMILES string of the molecule is Cc1cc(Oc2nc(N)nc3nc[nH]c23)ccc1F.